The molecule has 0 aliphatic heterocycles. The molecule has 0 bridgehead atoms. The van der Waals surface area contributed by atoms with Crippen LogP contribution in [0.15, 0.2) is 78.9 Å². The molecule has 32 heavy (non-hydrogen) atoms. The van der Waals surface area contributed by atoms with Crippen LogP contribution in [0.3, 0.4) is 0 Å². The minimum atomic E-state index is -0.488. The lowest BCUT2D eigenvalue weighted by atomic mass is 10.0. The molecule has 5 rings (SSSR count). The van der Waals surface area contributed by atoms with Gasteiger partial charge in [-0.15, -0.1) is 0 Å². The lowest BCUT2D eigenvalue weighted by Crippen LogP contribution is -2.11. The Hall–Kier alpha value is -3.63. The molecule has 0 radical (unpaired) electrons. The molecule has 2 N–H and O–H groups in total. The van der Waals surface area contributed by atoms with E-state index < -0.39 is 5.91 Å². The van der Waals surface area contributed by atoms with Crippen molar-refractivity contribution in [2.75, 3.05) is 0 Å². The van der Waals surface area contributed by atoms with Crippen molar-refractivity contribution >= 4 is 39.3 Å². The Kier molecular flexibility index (Phi) is 4.95. The van der Waals surface area contributed by atoms with E-state index in [1.54, 1.807) is 25.1 Å². The van der Waals surface area contributed by atoms with Gasteiger partial charge in [-0.2, -0.15) is 0 Å². The molecule has 5 aromatic rings. The second kappa shape index (κ2) is 7.81. The summed E-state index contributed by atoms with van der Waals surface area (Å²) in [6.07, 6.45) is 0. The van der Waals surface area contributed by atoms with Gasteiger partial charge in [-0.3, -0.25) is 4.79 Å². The molecule has 1 aromatic heterocycles. The maximum atomic E-state index is 14.9. The second-order valence-electron chi connectivity index (χ2n) is 7.94. The highest BCUT2D eigenvalue weighted by atomic mass is 35.5. The number of aromatic nitrogens is 1. The Morgan fingerprint density at radius 1 is 0.938 bits per heavy atom. The molecule has 0 saturated carbocycles. The van der Waals surface area contributed by atoms with Gasteiger partial charge in [0.2, 0.25) is 5.91 Å². The van der Waals surface area contributed by atoms with Crippen LogP contribution < -0.4 is 5.73 Å². The largest absolute Gasteiger partial charge is 0.366 e. The Bertz CT molecular complexity index is 1500. The van der Waals surface area contributed by atoms with E-state index in [0.29, 0.717) is 28.3 Å². The monoisotopic (exact) mass is 442 g/mol. The number of primary amides is 1. The van der Waals surface area contributed by atoms with Crippen molar-refractivity contribution in [3.63, 3.8) is 0 Å². The van der Waals surface area contributed by atoms with Gasteiger partial charge in [0.05, 0.1) is 17.6 Å². The first-order chi connectivity index (χ1) is 15.4. The summed E-state index contributed by atoms with van der Waals surface area (Å²) in [6, 6.07) is 24.6. The summed E-state index contributed by atoms with van der Waals surface area (Å²) >= 11 is 6.05. The maximum absolute atomic E-state index is 14.9. The van der Waals surface area contributed by atoms with Crippen LogP contribution in [-0.4, -0.2) is 10.5 Å². The number of benzene rings is 4. The predicted octanol–water partition coefficient (Wildman–Crippen LogP) is 6.71. The van der Waals surface area contributed by atoms with Gasteiger partial charge < -0.3 is 10.3 Å². The average molecular weight is 443 g/mol. The quantitative estimate of drug-likeness (QED) is 0.330. The molecule has 0 aliphatic carbocycles. The summed E-state index contributed by atoms with van der Waals surface area (Å²) in [5.41, 5.74) is 11.1. The van der Waals surface area contributed by atoms with E-state index >= 15 is 0 Å². The highest BCUT2D eigenvalue weighted by Gasteiger charge is 2.18. The number of aryl methyl sites for hydroxylation is 1. The van der Waals surface area contributed by atoms with E-state index in [-0.39, 0.29) is 5.82 Å². The van der Waals surface area contributed by atoms with Crippen molar-refractivity contribution in [1.29, 1.82) is 0 Å². The number of hydrogen-bond donors (Lipinski definition) is 1. The van der Waals surface area contributed by atoms with Gasteiger partial charge >= 0.3 is 0 Å². The van der Waals surface area contributed by atoms with E-state index in [0.717, 1.165) is 32.9 Å². The van der Waals surface area contributed by atoms with E-state index in [4.69, 9.17) is 17.3 Å². The van der Waals surface area contributed by atoms with Crippen LogP contribution in [0, 0.1) is 12.7 Å². The van der Waals surface area contributed by atoms with Gasteiger partial charge in [-0.05, 0) is 53.9 Å². The van der Waals surface area contributed by atoms with Gasteiger partial charge in [-0.25, -0.2) is 4.39 Å². The first kappa shape index (κ1) is 20.3. The highest BCUT2D eigenvalue weighted by molar-refractivity contribution is 6.30. The van der Waals surface area contributed by atoms with E-state index in [2.05, 4.69) is 6.07 Å². The van der Waals surface area contributed by atoms with Crippen molar-refractivity contribution in [2.45, 2.75) is 13.5 Å². The number of amides is 1. The molecule has 5 heteroatoms. The number of hydrogen-bond acceptors (Lipinski definition) is 1. The van der Waals surface area contributed by atoms with Crippen LogP contribution in [0.4, 0.5) is 4.39 Å². The second-order valence-corrected chi connectivity index (χ2v) is 8.37. The van der Waals surface area contributed by atoms with Crippen LogP contribution in [0.2, 0.25) is 5.02 Å². The third-order valence-corrected chi connectivity index (χ3v) is 6.19. The minimum absolute atomic E-state index is 0.220. The molecule has 0 fully saturated rings. The average Bonchev–Trinajstić information content (AvgIpc) is 3.10. The fourth-order valence-corrected chi connectivity index (χ4v) is 4.47. The van der Waals surface area contributed by atoms with Gasteiger partial charge in [0.25, 0.3) is 0 Å². The fourth-order valence-electron chi connectivity index (χ4n) is 4.34. The van der Waals surface area contributed by atoms with Crippen LogP contribution in [-0.2, 0) is 6.54 Å². The van der Waals surface area contributed by atoms with Crippen molar-refractivity contribution in [3.05, 3.63) is 106 Å². The van der Waals surface area contributed by atoms with Crippen molar-refractivity contribution in [1.82, 2.24) is 4.57 Å². The molecular weight excluding hydrogens is 423 g/mol. The Morgan fingerprint density at radius 2 is 1.66 bits per heavy atom. The van der Waals surface area contributed by atoms with Crippen molar-refractivity contribution in [2.24, 2.45) is 5.73 Å². The SMILES string of the molecule is Cc1cccc(Cn2c3cc(-c4ccc(Cl)cc4)ccc3c3c(C(N)=O)cccc32)c1F. The molecule has 0 atom stereocenters. The number of halogens is 2. The highest BCUT2D eigenvalue weighted by Crippen LogP contribution is 2.35. The molecule has 3 nitrogen and oxygen atoms in total. The number of nitrogens with zero attached hydrogens (tertiary/aromatic N) is 1. The molecule has 158 valence electrons. The fraction of sp³-hybridized carbons (Fsp3) is 0.0741. The van der Waals surface area contributed by atoms with Crippen LogP contribution >= 0.6 is 11.6 Å². The molecule has 1 amide bonds. The van der Waals surface area contributed by atoms with E-state index in [1.165, 1.54) is 0 Å². The lowest BCUT2D eigenvalue weighted by Gasteiger charge is -2.11. The van der Waals surface area contributed by atoms with E-state index in [9.17, 15) is 9.18 Å². The Balaban J connectivity index is 1.81. The summed E-state index contributed by atoms with van der Waals surface area (Å²) in [4.78, 5) is 12.2. The van der Waals surface area contributed by atoms with Crippen LogP contribution in [0.25, 0.3) is 32.9 Å². The van der Waals surface area contributed by atoms with Gasteiger partial charge in [0, 0.05) is 26.9 Å². The molecule has 0 aliphatic rings. The topological polar surface area (TPSA) is 48.0 Å². The van der Waals surface area contributed by atoms with Gasteiger partial charge in [-0.1, -0.05) is 60.1 Å². The molecule has 1 heterocycles. The van der Waals surface area contributed by atoms with Crippen molar-refractivity contribution < 1.29 is 9.18 Å². The third-order valence-electron chi connectivity index (χ3n) is 5.93. The zero-order valence-corrected chi connectivity index (χ0v) is 18.2. The number of nitrogens with two attached hydrogens (primary N) is 1. The number of fused-ring (bicyclic) bond motifs is 3. The summed E-state index contributed by atoms with van der Waals surface area (Å²) in [5, 5.41) is 2.36. The predicted molar refractivity (Wildman–Crippen MR) is 129 cm³/mol. The van der Waals surface area contributed by atoms with Gasteiger partial charge in [0.15, 0.2) is 0 Å². The Labute approximate surface area is 189 Å². The zero-order chi connectivity index (χ0) is 22.4. The minimum Gasteiger partial charge on any atom is -0.366 e. The summed E-state index contributed by atoms with van der Waals surface area (Å²) in [7, 11) is 0. The molecule has 0 saturated heterocycles. The molecule has 0 spiro atoms. The molecular formula is C27H20ClFN2O. The first-order valence-electron chi connectivity index (χ1n) is 10.3. The number of rotatable bonds is 4. The zero-order valence-electron chi connectivity index (χ0n) is 17.4. The third kappa shape index (κ3) is 3.33. The van der Waals surface area contributed by atoms with Crippen molar-refractivity contribution in [3.8, 4) is 11.1 Å². The number of carbonyl (C=O) groups is 1. The van der Waals surface area contributed by atoms with Gasteiger partial charge in [0.1, 0.15) is 5.82 Å². The van der Waals surface area contributed by atoms with E-state index in [1.807, 2.05) is 59.2 Å². The molecule has 4 aromatic carbocycles. The first-order valence-corrected chi connectivity index (χ1v) is 10.7. The standard InChI is InChI=1S/C27H20ClFN2O/c1-16-4-2-5-19(26(16)29)15-31-23-7-3-6-22(27(30)32)25(23)21-13-10-18(14-24(21)31)17-8-11-20(28)12-9-17/h2-14H,15H2,1H3,(H2,30,32). The summed E-state index contributed by atoms with van der Waals surface area (Å²) in [6.45, 7) is 2.09. The summed E-state index contributed by atoms with van der Waals surface area (Å²) < 4.78 is 16.9. The normalized spacial score (nSPS) is 11.3. The number of carbonyl (C=O) groups excluding carboxylic acids is 1. The van der Waals surface area contributed by atoms with Crippen LogP contribution in [0.5, 0.6) is 0 Å². The Morgan fingerprint density at radius 3 is 2.41 bits per heavy atom. The smallest absolute Gasteiger partial charge is 0.249 e. The lowest BCUT2D eigenvalue weighted by molar-refractivity contribution is 0.100. The summed E-state index contributed by atoms with van der Waals surface area (Å²) in [5.74, 6) is -0.708. The van der Waals surface area contributed by atoms with Crippen LogP contribution in [0.1, 0.15) is 21.5 Å². The molecule has 0 unspecified atom stereocenters. The maximum Gasteiger partial charge on any atom is 0.249 e.